The van der Waals surface area contributed by atoms with Gasteiger partial charge < -0.3 is 4.90 Å². The summed E-state index contributed by atoms with van der Waals surface area (Å²) in [5, 5.41) is 3.15. The lowest BCUT2D eigenvalue weighted by Crippen LogP contribution is -2.26. The van der Waals surface area contributed by atoms with Gasteiger partial charge in [-0.2, -0.15) is 0 Å². The molecule has 1 aromatic rings. The number of thioether (sulfide) groups is 1. The topological polar surface area (TPSA) is 15.6 Å². The highest BCUT2D eigenvalue weighted by atomic mass is 35.5. The Labute approximate surface area is 104 Å². The number of aliphatic imine (C=N–C) groups is 1. The van der Waals surface area contributed by atoms with Gasteiger partial charge in [-0.3, -0.25) is 0 Å². The molecule has 0 aliphatic carbocycles. The van der Waals surface area contributed by atoms with E-state index in [0.29, 0.717) is 5.88 Å². The van der Waals surface area contributed by atoms with Gasteiger partial charge in [0, 0.05) is 12.2 Å². The normalized spacial score (nSPS) is 18.4. The second-order valence-electron chi connectivity index (χ2n) is 3.79. The molecular weight excluding hydrogens is 240 g/mol. The van der Waals surface area contributed by atoms with Crippen molar-refractivity contribution in [2.24, 2.45) is 4.99 Å². The van der Waals surface area contributed by atoms with Crippen LogP contribution in [-0.4, -0.2) is 22.5 Å². The number of allylic oxidation sites excluding steroid dienone is 1. The lowest BCUT2D eigenvalue weighted by atomic mass is 10.1. The summed E-state index contributed by atoms with van der Waals surface area (Å²) in [6, 6.07) is 8.33. The molecular formula is C12H11ClN2S. The fraction of sp³-hybridized carbons (Fsp3) is 0.250. The van der Waals surface area contributed by atoms with Crippen molar-refractivity contribution in [3.8, 4) is 0 Å². The minimum absolute atomic E-state index is 0.558. The van der Waals surface area contributed by atoms with Crippen LogP contribution < -0.4 is 0 Å². The van der Waals surface area contributed by atoms with Gasteiger partial charge >= 0.3 is 0 Å². The number of para-hydroxylation sites is 1. The molecule has 0 aromatic heterocycles. The van der Waals surface area contributed by atoms with Crippen LogP contribution in [0, 0.1) is 0 Å². The second-order valence-corrected chi connectivity index (χ2v) is 4.89. The van der Waals surface area contributed by atoms with Crippen molar-refractivity contribution in [2.75, 3.05) is 12.4 Å². The lowest BCUT2D eigenvalue weighted by molar-refractivity contribution is 0.537. The van der Waals surface area contributed by atoms with Gasteiger partial charge in [0.2, 0.25) is 0 Å². The predicted octanol–water partition coefficient (Wildman–Crippen LogP) is 3.36. The van der Waals surface area contributed by atoms with Gasteiger partial charge in [0.15, 0.2) is 5.17 Å². The Morgan fingerprint density at radius 2 is 2.25 bits per heavy atom. The quantitative estimate of drug-likeness (QED) is 0.711. The third kappa shape index (κ3) is 1.64. The van der Waals surface area contributed by atoms with Crippen LogP contribution in [0.4, 0.5) is 5.69 Å². The first kappa shape index (κ1) is 10.2. The van der Waals surface area contributed by atoms with Crippen molar-refractivity contribution < 1.29 is 0 Å². The fourth-order valence-electron chi connectivity index (χ4n) is 1.97. The number of hydrogen-bond acceptors (Lipinski definition) is 3. The highest BCUT2D eigenvalue weighted by molar-refractivity contribution is 8.16. The third-order valence-corrected chi connectivity index (χ3v) is 4.01. The fourth-order valence-corrected chi connectivity index (χ4v) is 3.22. The Bertz CT molecular complexity index is 482. The molecule has 1 aromatic carbocycles. The number of alkyl halides is 1. The SMILES string of the molecule is ClCC1=CSC2=Nc3ccccc3CCN12. The molecule has 2 nitrogen and oxygen atoms in total. The molecule has 0 saturated heterocycles. The zero-order chi connectivity index (χ0) is 11.0. The molecule has 0 radical (unpaired) electrons. The summed E-state index contributed by atoms with van der Waals surface area (Å²) in [5.74, 6) is 0.558. The van der Waals surface area contributed by atoms with E-state index < -0.39 is 0 Å². The summed E-state index contributed by atoms with van der Waals surface area (Å²) in [6.07, 6.45) is 1.03. The van der Waals surface area contributed by atoms with E-state index in [-0.39, 0.29) is 0 Å². The van der Waals surface area contributed by atoms with Crippen molar-refractivity contribution >= 4 is 34.2 Å². The predicted molar refractivity (Wildman–Crippen MR) is 70.3 cm³/mol. The molecule has 0 spiro atoms. The summed E-state index contributed by atoms with van der Waals surface area (Å²) in [7, 11) is 0. The zero-order valence-corrected chi connectivity index (χ0v) is 10.3. The maximum Gasteiger partial charge on any atom is 0.173 e. The number of halogens is 1. The highest BCUT2D eigenvalue weighted by Crippen LogP contribution is 2.33. The van der Waals surface area contributed by atoms with Crippen LogP contribution in [0.3, 0.4) is 0 Å². The van der Waals surface area contributed by atoms with E-state index in [9.17, 15) is 0 Å². The molecule has 16 heavy (non-hydrogen) atoms. The maximum absolute atomic E-state index is 5.91. The van der Waals surface area contributed by atoms with Crippen molar-refractivity contribution in [3.05, 3.63) is 40.9 Å². The molecule has 82 valence electrons. The minimum Gasteiger partial charge on any atom is -0.322 e. The smallest absolute Gasteiger partial charge is 0.173 e. The molecule has 3 rings (SSSR count). The molecule has 0 N–H and O–H groups in total. The Balaban J connectivity index is 2.00. The van der Waals surface area contributed by atoms with Crippen LogP contribution in [0.1, 0.15) is 5.56 Å². The highest BCUT2D eigenvalue weighted by Gasteiger charge is 2.24. The van der Waals surface area contributed by atoms with Crippen LogP contribution in [0.15, 0.2) is 40.4 Å². The minimum atomic E-state index is 0.558. The Morgan fingerprint density at radius 1 is 1.38 bits per heavy atom. The van der Waals surface area contributed by atoms with Crippen LogP contribution >= 0.6 is 23.4 Å². The van der Waals surface area contributed by atoms with Crippen molar-refractivity contribution in [1.29, 1.82) is 0 Å². The Kier molecular flexibility index (Phi) is 2.65. The lowest BCUT2D eigenvalue weighted by Gasteiger charge is -2.18. The summed E-state index contributed by atoms with van der Waals surface area (Å²) in [6.45, 7) is 0.974. The molecule has 0 atom stereocenters. The van der Waals surface area contributed by atoms with Gasteiger partial charge in [-0.1, -0.05) is 30.0 Å². The molecule has 0 bridgehead atoms. The molecule has 0 unspecified atom stereocenters. The van der Waals surface area contributed by atoms with Crippen LogP contribution in [-0.2, 0) is 6.42 Å². The Morgan fingerprint density at radius 3 is 3.12 bits per heavy atom. The number of benzene rings is 1. The van der Waals surface area contributed by atoms with Crippen LogP contribution in [0.5, 0.6) is 0 Å². The monoisotopic (exact) mass is 250 g/mol. The molecule has 2 aliphatic rings. The van der Waals surface area contributed by atoms with E-state index in [1.807, 2.05) is 6.07 Å². The number of rotatable bonds is 1. The zero-order valence-electron chi connectivity index (χ0n) is 8.69. The van der Waals surface area contributed by atoms with Gasteiger partial charge in [0.05, 0.1) is 11.6 Å². The van der Waals surface area contributed by atoms with Gasteiger partial charge in [0.1, 0.15) is 0 Å². The number of amidine groups is 1. The van der Waals surface area contributed by atoms with Crippen LogP contribution in [0.2, 0.25) is 0 Å². The van der Waals surface area contributed by atoms with Crippen LogP contribution in [0.25, 0.3) is 0 Å². The van der Waals surface area contributed by atoms with Gasteiger partial charge in [0.25, 0.3) is 0 Å². The maximum atomic E-state index is 5.91. The summed E-state index contributed by atoms with van der Waals surface area (Å²) in [5.41, 5.74) is 3.58. The van der Waals surface area contributed by atoms with E-state index in [2.05, 4.69) is 28.5 Å². The molecule has 0 saturated carbocycles. The summed E-state index contributed by atoms with van der Waals surface area (Å²) in [4.78, 5) is 6.91. The average molecular weight is 251 g/mol. The Hall–Kier alpha value is -0.930. The molecule has 4 heteroatoms. The van der Waals surface area contributed by atoms with E-state index in [1.165, 1.54) is 11.3 Å². The molecule has 0 fully saturated rings. The average Bonchev–Trinajstić information content (AvgIpc) is 2.61. The second kappa shape index (κ2) is 4.15. The first-order valence-corrected chi connectivity index (χ1v) is 6.66. The van der Waals surface area contributed by atoms with Crippen molar-refractivity contribution in [1.82, 2.24) is 4.90 Å². The van der Waals surface area contributed by atoms with Gasteiger partial charge in [-0.15, -0.1) is 11.6 Å². The first-order chi connectivity index (χ1) is 7.88. The molecule has 2 aliphatic heterocycles. The van der Waals surface area contributed by atoms with E-state index in [4.69, 9.17) is 16.6 Å². The molecule has 2 heterocycles. The standard InChI is InChI=1S/C12H11ClN2S/c13-7-10-8-16-12-14-11-4-2-1-3-9(11)5-6-15(10)12/h1-4,8H,5-7H2. The van der Waals surface area contributed by atoms with E-state index in [0.717, 1.165) is 23.8 Å². The molecule has 0 amide bonds. The van der Waals surface area contributed by atoms with Gasteiger partial charge in [-0.05, 0) is 23.5 Å². The van der Waals surface area contributed by atoms with Crippen molar-refractivity contribution in [2.45, 2.75) is 6.42 Å². The van der Waals surface area contributed by atoms with E-state index in [1.54, 1.807) is 11.8 Å². The number of fused-ring (bicyclic) bond motifs is 2. The summed E-state index contributed by atoms with van der Waals surface area (Å²) < 4.78 is 0. The van der Waals surface area contributed by atoms with Gasteiger partial charge in [-0.25, -0.2) is 4.99 Å². The van der Waals surface area contributed by atoms with Crippen molar-refractivity contribution in [3.63, 3.8) is 0 Å². The number of nitrogens with zero attached hydrogens (tertiary/aromatic N) is 2. The first-order valence-electron chi connectivity index (χ1n) is 5.24. The number of hydrogen-bond donors (Lipinski definition) is 0. The third-order valence-electron chi connectivity index (χ3n) is 2.83. The largest absolute Gasteiger partial charge is 0.322 e. The summed E-state index contributed by atoms with van der Waals surface area (Å²) >= 11 is 7.58. The van der Waals surface area contributed by atoms with E-state index >= 15 is 0 Å².